The van der Waals surface area contributed by atoms with Crippen LogP contribution < -0.4 is 10.1 Å². The Morgan fingerprint density at radius 3 is 2.58 bits per heavy atom. The molecule has 1 N–H and O–H groups in total. The highest BCUT2D eigenvalue weighted by molar-refractivity contribution is 5.85. The molecule has 0 fully saturated rings. The van der Waals surface area contributed by atoms with Gasteiger partial charge in [-0.3, -0.25) is 0 Å². The van der Waals surface area contributed by atoms with Crippen LogP contribution >= 0.6 is 0 Å². The number of hydrogen-bond donors (Lipinski definition) is 1. The van der Waals surface area contributed by atoms with E-state index in [1.54, 1.807) is 0 Å². The van der Waals surface area contributed by atoms with Crippen LogP contribution in [-0.2, 0) is 12.0 Å². The molecule has 19 heavy (non-hydrogen) atoms. The van der Waals surface area contributed by atoms with Crippen molar-refractivity contribution >= 4 is 11.0 Å². The predicted molar refractivity (Wildman–Crippen MR) is 78.8 cm³/mol. The number of hydrogen-bond acceptors (Lipinski definition) is 3. The fraction of sp³-hybridized carbons (Fsp3) is 0.500. The summed E-state index contributed by atoms with van der Waals surface area (Å²) in [7, 11) is 1.94. The van der Waals surface area contributed by atoms with Gasteiger partial charge in [0.2, 0.25) is 0 Å². The molecule has 104 valence electrons. The molecule has 0 saturated heterocycles. The van der Waals surface area contributed by atoms with Crippen molar-refractivity contribution in [1.82, 2.24) is 5.32 Å². The van der Waals surface area contributed by atoms with Crippen molar-refractivity contribution in [2.24, 2.45) is 0 Å². The van der Waals surface area contributed by atoms with E-state index >= 15 is 0 Å². The Bertz CT molecular complexity index is 564. The van der Waals surface area contributed by atoms with Crippen LogP contribution in [0.2, 0.25) is 0 Å². The topological polar surface area (TPSA) is 34.4 Å². The molecule has 0 unspecified atom stereocenters. The molecule has 0 saturated carbocycles. The molecular weight excluding hydrogens is 238 g/mol. The summed E-state index contributed by atoms with van der Waals surface area (Å²) in [5.74, 6) is 1.91. The molecule has 1 heterocycles. The summed E-state index contributed by atoms with van der Waals surface area (Å²) in [5, 5.41) is 4.33. The first-order valence-corrected chi connectivity index (χ1v) is 6.80. The molecule has 0 aliphatic rings. The third-order valence-corrected chi connectivity index (χ3v) is 3.13. The largest absolute Gasteiger partial charge is 0.494 e. The van der Waals surface area contributed by atoms with Gasteiger partial charge in [-0.05, 0) is 37.6 Å². The minimum absolute atomic E-state index is 0.0439. The van der Waals surface area contributed by atoms with E-state index in [1.807, 2.05) is 26.1 Å². The first kappa shape index (κ1) is 13.9. The number of ether oxygens (including phenoxy) is 1. The molecule has 0 aliphatic heterocycles. The monoisotopic (exact) mass is 261 g/mol. The van der Waals surface area contributed by atoms with E-state index in [0.29, 0.717) is 6.61 Å². The molecule has 1 aromatic heterocycles. The van der Waals surface area contributed by atoms with E-state index in [0.717, 1.165) is 29.0 Å². The number of nitrogens with one attached hydrogen (secondary N) is 1. The van der Waals surface area contributed by atoms with E-state index in [4.69, 9.17) is 9.15 Å². The average Bonchev–Trinajstić information content (AvgIpc) is 2.67. The second kappa shape index (κ2) is 5.25. The lowest BCUT2D eigenvalue weighted by Crippen LogP contribution is -2.15. The van der Waals surface area contributed by atoms with Gasteiger partial charge in [0.05, 0.1) is 13.2 Å². The SMILES string of the molecule is CCOc1ccc2oc(CNC)c(C(C)(C)C)c2c1. The Hall–Kier alpha value is -1.48. The summed E-state index contributed by atoms with van der Waals surface area (Å²) in [4.78, 5) is 0. The van der Waals surface area contributed by atoms with E-state index in [1.165, 1.54) is 5.56 Å². The lowest BCUT2D eigenvalue weighted by molar-refractivity contribution is 0.340. The van der Waals surface area contributed by atoms with Crippen molar-refractivity contribution < 1.29 is 9.15 Å². The van der Waals surface area contributed by atoms with Crippen LogP contribution in [0.25, 0.3) is 11.0 Å². The van der Waals surface area contributed by atoms with Crippen molar-refractivity contribution in [1.29, 1.82) is 0 Å². The molecule has 2 aromatic rings. The summed E-state index contributed by atoms with van der Waals surface area (Å²) in [6.45, 7) is 10.1. The Kier molecular flexibility index (Phi) is 3.85. The maximum Gasteiger partial charge on any atom is 0.134 e. The molecule has 2 rings (SSSR count). The Morgan fingerprint density at radius 1 is 1.26 bits per heavy atom. The minimum Gasteiger partial charge on any atom is -0.494 e. The Balaban J connectivity index is 2.63. The van der Waals surface area contributed by atoms with E-state index in [2.05, 4.69) is 32.2 Å². The summed E-state index contributed by atoms with van der Waals surface area (Å²) in [6.07, 6.45) is 0. The molecule has 3 heteroatoms. The minimum atomic E-state index is 0.0439. The number of benzene rings is 1. The van der Waals surface area contributed by atoms with Crippen molar-refractivity contribution in [3.63, 3.8) is 0 Å². The van der Waals surface area contributed by atoms with E-state index < -0.39 is 0 Å². The molecule has 3 nitrogen and oxygen atoms in total. The van der Waals surface area contributed by atoms with Gasteiger partial charge in [0.1, 0.15) is 17.1 Å². The molecular formula is C16H23NO2. The van der Waals surface area contributed by atoms with Crippen LogP contribution in [0.3, 0.4) is 0 Å². The van der Waals surface area contributed by atoms with Gasteiger partial charge in [-0.1, -0.05) is 20.8 Å². The molecule has 0 spiro atoms. The Labute approximate surface area is 114 Å². The summed E-state index contributed by atoms with van der Waals surface area (Å²) in [5.41, 5.74) is 2.24. The maximum atomic E-state index is 5.98. The third-order valence-electron chi connectivity index (χ3n) is 3.13. The van der Waals surface area contributed by atoms with E-state index in [9.17, 15) is 0 Å². The zero-order valence-corrected chi connectivity index (χ0v) is 12.5. The predicted octanol–water partition coefficient (Wildman–Crippen LogP) is 3.85. The fourth-order valence-corrected chi connectivity index (χ4v) is 2.49. The summed E-state index contributed by atoms with van der Waals surface area (Å²) in [6, 6.07) is 6.04. The molecule has 1 aromatic carbocycles. The first-order chi connectivity index (χ1) is 8.97. The van der Waals surface area contributed by atoms with Gasteiger partial charge in [0, 0.05) is 10.9 Å². The van der Waals surface area contributed by atoms with Crippen LogP contribution in [0.4, 0.5) is 0 Å². The van der Waals surface area contributed by atoms with Crippen molar-refractivity contribution in [3.8, 4) is 5.75 Å². The van der Waals surface area contributed by atoms with Crippen molar-refractivity contribution in [2.75, 3.05) is 13.7 Å². The first-order valence-electron chi connectivity index (χ1n) is 6.80. The smallest absolute Gasteiger partial charge is 0.134 e. The number of fused-ring (bicyclic) bond motifs is 1. The van der Waals surface area contributed by atoms with Crippen molar-refractivity contribution in [3.05, 3.63) is 29.5 Å². The average molecular weight is 261 g/mol. The van der Waals surface area contributed by atoms with E-state index in [-0.39, 0.29) is 5.41 Å². The quantitative estimate of drug-likeness (QED) is 0.907. The highest BCUT2D eigenvalue weighted by atomic mass is 16.5. The fourth-order valence-electron chi connectivity index (χ4n) is 2.49. The second-order valence-electron chi connectivity index (χ2n) is 5.77. The molecule has 0 aliphatic carbocycles. The van der Waals surface area contributed by atoms with Crippen LogP contribution in [0.5, 0.6) is 5.75 Å². The number of furan rings is 1. The van der Waals surface area contributed by atoms with Crippen LogP contribution in [-0.4, -0.2) is 13.7 Å². The molecule has 0 radical (unpaired) electrons. The van der Waals surface area contributed by atoms with Gasteiger partial charge < -0.3 is 14.5 Å². The van der Waals surface area contributed by atoms with Crippen LogP contribution in [0.15, 0.2) is 22.6 Å². The highest BCUT2D eigenvalue weighted by Gasteiger charge is 2.25. The molecule has 0 amide bonds. The standard InChI is InChI=1S/C16H23NO2/c1-6-18-11-7-8-13-12(9-11)15(16(2,3)4)14(19-13)10-17-5/h7-9,17H,6,10H2,1-5H3. The van der Waals surface area contributed by atoms with Gasteiger partial charge in [0.15, 0.2) is 0 Å². The third kappa shape index (κ3) is 2.76. The van der Waals surface area contributed by atoms with Gasteiger partial charge in [-0.25, -0.2) is 0 Å². The normalized spacial score (nSPS) is 12.1. The molecule has 0 bridgehead atoms. The summed E-state index contributed by atoms with van der Waals surface area (Å²) >= 11 is 0. The van der Waals surface area contributed by atoms with Gasteiger partial charge in [0.25, 0.3) is 0 Å². The summed E-state index contributed by atoms with van der Waals surface area (Å²) < 4.78 is 11.6. The molecule has 0 atom stereocenters. The lowest BCUT2D eigenvalue weighted by atomic mass is 9.84. The highest BCUT2D eigenvalue weighted by Crippen LogP contribution is 2.37. The maximum absolute atomic E-state index is 5.98. The van der Waals surface area contributed by atoms with Gasteiger partial charge in [-0.2, -0.15) is 0 Å². The zero-order valence-electron chi connectivity index (χ0n) is 12.5. The van der Waals surface area contributed by atoms with Crippen LogP contribution in [0.1, 0.15) is 39.0 Å². The second-order valence-corrected chi connectivity index (χ2v) is 5.77. The van der Waals surface area contributed by atoms with Crippen molar-refractivity contribution in [2.45, 2.75) is 39.7 Å². The number of rotatable bonds is 4. The lowest BCUT2D eigenvalue weighted by Gasteiger charge is -2.19. The Morgan fingerprint density at radius 2 is 2.00 bits per heavy atom. The van der Waals surface area contributed by atoms with Gasteiger partial charge >= 0.3 is 0 Å². The zero-order chi connectivity index (χ0) is 14.0. The van der Waals surface area contributed by atoms with Gasteiger partial charge in [-0.15, -0.1) is 0 Å². The van der Waals surface area contributed by atoms with Crippen LogP contribution in [0, 0.1) is 0 Å².